The minimum Gasteiger partial charge on any atom is -0.464 e. The van der Waals surface area contributed by atoms with Crippen LogP contribution >= 0.6 is 19.2 Å². The van der Waals surface area contributed by atoms with E-state index in [1.807, 2.05) is 26.8 Å². The molecule has 17 heteroatoms. The molecular weight excluding hydrogens is 683 g/mol. The number of hydrogen-bond acceptors (Lipinski definition) is 13. The average molecular weight is 731 g/mol. The highest BCUT2D eigenvalue weighted by Gasteiger charge is 2.57. The second kappa shape index (κ2) is 15.1. The maximum Gasteiger partial charge on any atom is 0.416 e. The molecule has 15 nitrogen and oxygen atoms in total. The van der Waals surface area contributed by atoms with Crippen LogP contribution in [0.5, 0.6) is 0 Å². The van der Waals surface area contributed by atoms with Crippen molar-refractivity contribution in [3.8, 4) is 0 Å². The number of anilines is 1. The van der Waals surface area contributed by atoms with Crippen LogP contribution in [0.2, 0.25) is 5.28 Å². The fourth-order valence-corrected chi connectivity index (χ4v) is 8.35. The van der Waals surface area contributed by atoms with Crippen LogP contribution in [-0.2, 0) is 46.8 Å². The summed E-state index contributed by atoms with van der Waals surface area (Å²) in [7, 11) is -4.08. The second-order valence-electron chi connectivity index (χ2n) is 13.5. The van der Waals surface area contributed by atoms with E-state index in [2.05, 4.69) is 10.1 Å². The Bertz CT molecular complexity index is 1530. The van der Waals surface area contributed by atoms with Gasteiger partial charge >= 0.3 is 19.7 Å². The van der Waals surface area contributed by atoms with Crippen LogP contribution in [-0.4, -0.2) is 94.7 Å². The summed E-state index contributed by atoms with van der Waals surface area (Å²) in [4.78, 5) is 32.7. The smallest absolute Gasteiger partial charge is 0.416 e. The molecule has 49 heavy (non-hydrogen) atoms. The zero-order valence-electron chi connectivity index (χ0n) is 29.4. The largest absolute Gasteiger partial charge is 0.464 e. The van der Waals surface area contributed by atoms with Crippen LogP contribution in [0.1, 0.15) is 92.9 Å². The number of rotatable bonds is 13. The van der Waals surface area contributed by atoms with E-state index < -0.39 is 61.3 Å². The first-order valence-electron chi connectivity index (χ1n) is 16.9. The number of halogens is 1. The van der Waals surface area contributed by atoms with Crippen molar-refractivity contribution in [2.24, 2.45) is 0 Å². The molecule has 4 heterocycles. The summed E-state index contributed by atoms with van der Waals surface area (Å²) in [5.74, 6) is -3.19. The van der Waals surface area contributed by atoms with Gasteiger partial charge in [0.25, 0.3) is 5.85 Å². The summed E-state index contributed by atoms with van der Waals surface area (Å²) >= 11 is 6.53. The molecule has 274 valence electrons. The molecule has 1 aliphatic carbocycles. The Morgan fingerprint density at radius 2 is 1.73 bits per heavy atom. The van der Waals surface area contributed by atoms with Crippen molar-refractivity contribution >= 4 is 42.6 Å². The maximum absolute atomic E-state index is 13.7. The van der Waals surface area contributed by atoms with Crippen LogP contribution in [0.4, 0.5) is 10.6 Å². The van der Waals surface area contributed by atoms with Crippen molar-refractivity contribution in [2.75, 3.05) is 31.3 Å². The predicted octanol–water partition coefficient (Wildman–Crippen LogP) is 6.20. The molecule has 0 aromatic carbocycles. The van der Waals surface area contributed by atoms with Gasteiger partial charge in [-0.2, -0.15) is 4.98 Å². The Balaban J connectivity index is 1.49. The van der Waals surface area contributed by atoms with Gasteiger partial charge in [0.1, 0.15) is 35.5 Å². The summed E-state index contributed by atoms with van der Waals surface area (Å²) in [6.07, 6.45) is 0.191. The number of carbonyl (C=O) groups is 2. The molecule has 0 bridgehead atoms. The number of ether oxygens (including phenoxy) is 6. The lowest BCUT2D eigenvalue weighted by molar-refractivity contribution is -0.195. The summed E-state index contributed by atoms with van der Waals surface area (Å²) in [6, 6.07) is 3.49. The summed E-state index contributed by atoms with van der Waals surface area (Å²) in [5, 5.41) is 4.42. The Morgan fingerprint density at radius 3 is 2.35 bits per heavy atom. The van der Waals surface area contributed by atoms with E-state index in [0.717, 1.165) is 25.7 Å². The molecule has 2 aromatic rings. The normalized spacial score (nSPS) is 24.7. The van der Waals surface area contributed by atoms with Gasteiger partial charge in [0.15, 0.2) is 11.6 Å². The molecule has 1 saturated carbocycles. The Morgan fingerprint density at radius 1 is 1.08 bits per heavy atom. The van der Waals surface area contributed by atoms with Crippen LogP contribution in [0.15, 0.2) is 12.1 Å². The molecule has 1 amide bonds. The summed E-state index contributed by atoms with van der Waals surface area (Å²) in [5.41, 5.74) is 0.355. The third-order valence-corrected chi connectivity index (χ3v) is 10.6. The molecule has 0 spiro atoms. The number of aromatic nitrogens is 3. The van der Waals surface area contributed by atoms with Crippen molar-refractivity contribution < 1.29 is 51.6 Å². The van der Waals surface area contributed by atoms with Gasteiger partial charge in [-0.25, -0.2) is 14.1 Å². The zero-order valence-corrected chi connectivity index (χ0v) is 31.0. The van der Waals surface area contributed by atoms with Gasteiger partial charge in [0.05, 0.1) is 32.1 Å². The van der Waals surface area contributed by atoms with E-state index in [1.54, 1.807) is 50.1 Å². The second-order valence-corrected chi connectivity index (χ2v) is 15.9. The zero-order chi connectivity index (χ0) is 35.7. The van der Waals surface area contributed by atoms with E-state index in [-0.39, 0.29) is 37.8 Å². The van der Waals surface area contributed by atoms with Gasteiger partial charge in [-0.3, -0.25) is 9.46 Å². The first-order chi connectivity index (χ1) is 23.1. The molecule has 5 rings (SSSR count). The highest BCUT2D eigenvalue weighted by molar-refractivity contribution is 7.55. The Kier molecular flexibility index (Phi) is 11.7. The van der Waals surface area contributed by atoms with Crippen LogP contribution in [0, 0.1) is 0 Å². The third-order valence-electron chi connectivity index (χ3n) is 8.26. The van der Waals surface area contributed by atoms with Gasteiger partial charge in [-0.1, -0.05) is 12.8 Å². The molecule has 5 atom stereocenters. The highest BCUT2D eigenvalue weighted by atomic mass is 35.5. The number of carbonyl (C=O) groups excluding carboxylic acids is 2. The number of hydrogen-bond donors (Lipinski definition) is 0. The van der Waals surface area contributed by atoms with E-state index in [0.29, 0.717) is 17.0 Å². The van der Waals surface area contributed by atoms with E-state index in [4.69, 9.17) is 49.1 Å². The van der Waals surface area contributed by atoms with Crippen LogP contribution < -0.4 is 4.90 Å². The molecule has 2 aliphatic heterocycles. The maximum atomic E-state index is 13.7. The molecule has 0 radical (unpaired) electrons. The monoisotopic (exact) mass is 730 g/mol. The van der Waals surface area contributed by atoms with E-state index >= 15 is 0 Å². The Labute approximate surface area is 291 Å². The lowest BCUT2D eigenvalue weighted by Crippen LogP contribution is -2.43. The minimum absolute atomic E-state index is 0.0220. The molecule has 3 aliphatic rings. The average Bonchev–Trinajstić information content (AvgIpc) is 3.78. The first-order valence-corrected chi connectivity index (χ1v) is 18.9. The number of nitrogens with zero attached hydrogens (tertiary/aromatic N) is 4. The summed E-state index contributed by atoms with van der Waals surface area (Å²) < 4.78 is 62.2. The summed E-state index contributed by atoms with van der Waals surface area (Å²) in [6.45, 7) is 13.8. The number of esters is 1. The first kappa shape index (κ1) is 37.9. The van der Waals surface area contributed by atoms with Crippen LogP contribution in [0.25, 0.3) is 5.52 Å². The van der Waals surface area contributed by atoms with Crippen molar-refractivity contribution in [3.05, 3.63) is 23.1 Å². The third kappa shape index (κ3) is 8.25. The van der Waals surface area contributed by atoms with Gasteiger partial charge in [-0.05, 0) is 92.0 Å². The highest BCUT2D eigenvalue weighted by Crippen LogP contribution is 2.54. The van der Waals surface area contributed by atoms with E-state index in [1.165, 1.54) is 0 Å². The molecule has 3 fully saturated rings. The molecule has 1 unspecified atom stereocenters. The lowest BCUT2D eigenvalue weighted by atomic mass is 10.1. The van der Waals surface area contributed by atoms with Crippen molar-refractivity contribution in [1.82, 2.24) is 14.6 Å². The van der Waals surface area contributed by atoms with Crippen LogP contribution in [0.3, 0.4) is 0 Å². The van der Waals surface area contributed by atoms with Gasteiger partial charge in [0, 0.05) is 6.04 Å². The number of fused-ring (bicyclic) bond motifs is 2. The van der Waals surface area contributed by atoms with E-state index in [9.17, 15) is 14.2 Å². The molecular formula is C32H48ClN4O11P. The van der Waals surface area contributed by atoms with Crippen molar-refractivity contribution in [3.63, 3.8) is 0 Å². The standard InChI is InChI=1S/C32H48ClN4O11P/c1-9-41-27(38)28(49(40,43-10-2)44-11-3)42-18-22-24-25(47-32(7,8)46-24)23(45-22)20-16-17-21-26(34-29(33)35-37(20)21)36(19-14-12-13-15-19)30(39)48-31(4,5)6/h16-17,19,22-25,28H,9-15,18H2,1-8H3/t22-,23+,24-,25+,28?/m1/s1. The molecule has 0 N–H and O–H groups in total. The topological polar surface area (TPSA) is 158 Å². The van der Waals surface area contributed by atoms with Gasteiger partial charge < -0.3 is 37.5 Å². The fourth-order valence-electron chi connectivity index (χ4n) is 6.52. The van der Waals surface area contributed by atoms with Gasteiger partial charge in [-0.15, -0.1) is 5.10 Å². The molecule has 2 aromatic heterocycles. The minimum atomic E-state index is -4.08. The molecule has 2 saturated heterocycles. The van der Waals surface area contributed by atoms with Gasteiger partial charge in [0.2, 0.25) is 5.28 Å². The lowest BCUT2D eigenvalue weighted by Gasteiger charge is -2.31. The fraction of sp³-hybridized carbons (Fsp3) is 0.750. The van der Waals surface area contributed by atoms with Crippen molar-refractivity contribution in [1.29, 1.82) is 0 Å². The Hall–Kier alpha value is -2.36. The number of amides is 1. The van der Waals surface area contributed by atoms with Crippen molar-refractivity contribution in [2.45, 2.75) is 129 Å². The SMILES string of the molecule is CCOC(=O)C(OC[C@H]1O[C@@H](c2ccc3c(N(C(=O)OC(C)(C)C)C4CCCC4)nc(Cl)nn23)[C@@H]2OC(C)(C)O[C@@H]21)P(=O)(OCC)OCC. The predicted molar refractivity (Wildman–Crippen MR) is 178 cm³/mol. The quantitative estimate of drug-likeness (QED) is 0.170.